The van der Waals surface area contributed by atoms with Crippen LogP contribution in [0.4, 0.5) is 0 Å². The van der Waals surface area contributed by atoms with Crippen LogP contribution in [0.3, 0.4) is 0 Å². The van der Waals surface area contributed by atoms with E-state index in [0.29, 0.717) is 18.9 Å². The molecule has 3 fully saturated rings. The summed E-state index contributed by atoms with van der Waals surface area (Å²) in [6.07, 6.45) is 2.70. The van der Waals surface area contributed by atoms with Gasteiger partial charge in [0.1, 0.15) is 0 Å². The van der Waals surface area contributed by atoms with Gasteiger partial charge in [0.25, 0.3) is 0 Å². The molecule has 2 atom stereocenters. The van der Waals surface area contributed by atoms with Crippen molar-refractivity contribution in [2.45, 2.75) is 51.4 Å². The molecule has 3 saturated heterocycles. The molecule has 3 aliphatic rings. The molecule has 0 N–H and O–H groups in total. The summed E-state index contributed by atoms with van der Waals surface area (Å²) >= 11 is 0. The highest BCUT2D eigenvalue weighted by molar-refractivity contribution is 5.81. The second kappa shape index (κ2) is 5.60. The zero-order valence-electron chi connectivity index (χ0n) is 14.1. The predicted molar refractivity (Wildman–Crippen MR) is 88.8 cm³/mol. The summed E-state index contributed by atoms with van der Waals surface area (Å²) in [5.41, 5.74) is 2.43. The number of rotatable bonds is 4. The number of benzene rings is 1. The van der Waals surface area contributed by atoms with Gasteiger partial charge in [0.2, 0.25) is 5.91 Å². The van der Waals surface area contributed by atoms with Crippen LogP contribution >= 0.6 is 0 Å². The van der Waals surface area contributed by atoms with E-state index in [1.807, 2.05) is 4.90 Å². The number of amides is 1. The SMILES string of the molecule is CC(C)Cc1ccc(CN2CC[C@@]34OCCN3C(=O)C[C@@H]24)cc1. The summed E-state index contributed by atoms with van der Waals surface area (Å²) in [7, 11) is 0. The summed E-state index contributed by atoms with van der Waals surface area (Å²) in [5.74, 6) is 0.957. The largest absolute Gasteiger partial charge is 0.352 e. The number of nitrogens with zero attached hydrogens (tertiary/aromatic N) is 2. The Bertz CT molecular complexity index is 598. The molecule has 1 aromatic carbocycles. The van der Waals surface area contributed by atoms with Crippen LogP contribution in [0.15, 0.2) is 24.3 Å². The molecule has 0 unspecified atom stereocenters. The second-order valence-electron chi connectivity index (χ2n) is 7.59. The number of carbonyl (C=O) groups excluding carboxylic acids is 1. The lowest BCUT2D eigenvalue weighted by molar-refractivity contribution is -0.136. The average Bonchev–Trinajstić information content (AvgIpc) is 3.14. The summed E-state index contributed by atoms with van der Waals surface area (Å²) in [5, 5.41) is 0. The van der Waals surface area contributed by atoms with Gasteiger partial charge < -0.3 is 9.64 Å². The highest BCUT2D eigenvalue weighted by atomic mass is 16.5. The third-order valence-corrected chi connectivity index (χ3v) is 5.56. The minimum atomic E-state index is -0.311. The van der Waals surface area contributed by atoms with Crippen LogP contribution in [0.1, 0.15) is 37.8 Å². The lowest BCUT2D eigenvalue weighted by Crippen LogP contribution is -2.47. The molecule has 0 aliphatic carbocycles. The molecular weight excluding hydrogens is 288 g/mol. The Hall–Kier alpha value is -1.39. The van der Waals surface area contributed by atoms with Gasteiger partial charge in [-0.05, 0) is 23.5 Å². The van der Waals surface area contributed by atoms with E-state index in [4.69, 9.17) is 4.74 Å². The van der Waals surface area contributed by atoms with Crippen molar-refractivity contribution < 1.29 is 9.53 Å². The molecule has 3 aliphatic heterocycles. The Kier molecular flexibility index (Phi) is 3.69. The van der Waals surface area contributed by atoms with Crippen LogP contribution < -0.4 is 0 Å². The Morgan fingerprint density at radius 2 is 1.96 bits per heavy atom. The van der Waals surface area contributed by atoms with Crippen molar-refractivity contribution >= 4 is 5.91 Å². The van der Waals surface area contributed by atoms with E-state index in [1.54, 1.807) is 0 Å². The van der Waals surface area contributed by atoms with Gasteiger partial charge in [-0.15, -0.1) is 0 Å². The van der Waals surface area contributed by atoms with Gasteiger partial charge in [0.05, 0.1) is 12.6 Å². The maximum absolute atomic E-state index is 12.2. The molecule has 1 aromatic rings. The van der Waals surface area contributed by atoms with E-state index in [1.165, 1.54) is 11.1 Å². The summed E-state index contributed by atoms with van der Waals surface area (Å²) in [6, 6.07) is 9.21. The predicted octanol–water partition coefficient (Wildman–Crippen LogP) is 2.42. The molecule has 0 saturated carbocycles. The highest BCUT2D eigenvalue weighted by Gasteiger charge is 2.61. The number of hydrogen-bond acceptors (Lipinski definition) is 3. The Morgan fingerprint density at radius 1 is 1.22 bits per heavy atom. The van der Waals surface area contributed by atoms with Crippen molar-refractivity contribution in [1.82, 2.24) is 9.80 Å². The van der Waals surface area contributed by atoms with Gasteiger partial charge >= 0.3 is 0 Å². The van der Waals surface area contributed by atoms with Crippen molar-refractivity contribution in [2.75, 3.05) is 19.7 Å². The van der Waals surface area contributed by atoms with Crippen molar-refractivity contribution in [3.05, 3.63) is 35.4 Å². The average molecular weight is 314 g/mol. The Morgan fingerprint density at radius 3 is 2.70 bits per heavy atom. The number of carbonyl (C=O) groups is 1. The molecule has 1 spiro atoms. The van der Waals surface area contributed by atoms with Gasteiger partial charge in [-0.2, -0.15) is 0 Å². The molecule has 4 rings (SSSR count). The lowest BCUT2D eigenvalue weighted by atomic mass is 10.0. The van der Waals surface area contributed by atoms with Gasteiger partial charge in [0.15, 0.2) is 5.72 Å². The maximum Gasteiger partial charge on any atom is 0.226 e. The molecule has 0 aromatic heterocycles. The molecule has 4 nitrogen and oxygen atoms in total. The molecule has 23 heavy (non-hydrogen) atoms. The minimum absolute atomic E-state index is 0.229. The third-order valence-electron chi connectivity index (χ3n) is 5.56. The van der Waals surface area contributed by atoms with Crippen LogP contribution in [0, 0.1) is 5.92 Å². The van der Waals surface area contributed by atoms with E-state index in [9.17, 15) is 4.79 Å². The fourth-order valence-corrected chi connectivity index (χ4v) is 4.55. The molecule has 124 valence electrons. The van der Waals surface area contributed by atoms with Crippen LogP contribution in [-0.2, 0) is 22.5 Å². The zero-order valence-corrected chi connectivity index (χ0v) is 14.1. The Balaban J connectivity index is 1.47. The first-order valence-electron chi connectivity index (χ1n) is 8.85. The van der Waals surface area contributed by atoms with Crippen LogP contribution in [-0.4, -0.2) is 47.2 Å². The summed E-state index contributed by atoms with van der Waals surface area (Å²) in [6.45, 7) is 7.90. The Labute approximate surface area is 138 Å². The smallest absolute Gasteiger partial charge is 0.226 e. The first kappa shape index (κ1) is 15.2. The minimum Gasteiger partial charge on any atom is -0.352 e. The number of ether oxygens (including phenoxy) is 1. The quantitative estimate of drug-likeness (QED) is 0.855. The fraction of sp³-hybridized carbons (Fsp3) is 0.632. The van der Waals surface area contributed by atoms with E-state index in [0.717, 1.165) is 32.5 Å². The third kappa shape index (κ3) is 2.48. The zero-order chi connectivity index (χ0) is 16.0. The monoisotopic (exact) mass is 314 g/mol. The first-order valence-corrected chi connectivity index (χ1v) is 8.85. The molecule has 3 heterocycles. The van der Waals surface area contributed by atoms with E-state index in [2.05, 4.69) is 43.0 Å². The maximum atomic E-state index is 12.2. The van der Waals surface area contributed by atoms with E-state index < -0.39 is 0 Å². The van der Waals surface area contributed by atoms with E-state index >= 15 is 0 Å². The van der Waals surface area contributed by atoms with Crippen LogP contribution in [0.2, 0.25) is 0 Å². The van der Waals surface area contributed by atoms with Crippen LogP contribution in [0.25, 0.3) is 0 Å². The standard InChI is InChI=1S/C19H26N2O2/c1-14(2)11-15-3-5-16(6-4-15)13-20-8-7-19-17(20)12-18(22)21(19)9-10-23-19/h3-6,14,17H,7-13H2,1-2H3/t17-,19+/m1/s1. The van der Waals surface area contributed by atoms with Gasteiger partial charge in [-0.3, -0.25) is 9.69 Å². The van der Waals surface area contributed by atoms with Crippen LogP contribution in [0.5, 0.6) is 0 Å². The molecular formula is C19H26N2O2. The second-order valence-corrected chi connectivity index (χ2v) is 7.59. The molecule has 4 heteroatoms. The van der Waals surface area contributed by atoms with Crippen molar-refractivity contribution in [2.24, 2.45) is 5.92 Å². The molecule has 1 amide bonds. The normalized spacial score (nSPS) is 30.3. The van der Waals surface area contributed by atoms with Gasteiger partial charge in [-0.1, -0.05) is 38.1 Å². The van der Waals surface area contributed by atoms with E-state index in [-0.39, 0.29) is 17.7 Å². The van der Waals surface area contributed by atoms with Gasteiger partial charge in [-0.25, -0.2) is 0 Å². The van der Waals surface area contributed by atoms with Gasteiger partial charge in [0, 0.05) is 32.5 Å². The molecule has 0 bridgehead atoms. The number of hydrogen-bond donors (Lipinski definition) is 0. The topological polar surface area (TPSA) is 32.8 Å². The van der Waals surface area contributed by atoms with Crippen molar-refractivity contribution in [1.29, 1.82) is 0 Å². The first-order chi connectivity index (χ1) is 11.1. The highest BCUT2D eigenvalue weighted by Crippen LogP contribution is 2.45. The van der Waals surface area contributed by atoms with Crippen molar-refractivity contribution in [3.63, 3.8) is 0 Å². The summed E-state index contributed by atoms with van der Waals surface area (Å²) in [4.78, 5) is 16.7. The fourth-order valence-electron chi connectivity index (χ4n) is 4.55. The lowest BCUT2D eigenvalue weighted by Gasteiger charge is -2.31. The molecule has 0 radical (unpaired) electrons. The summed E-state index contributed by atoms with van der Waals surface area (Å²) < 4.78 is 6.05. The number of likely N-dealkylation sites (tertiary alicyclic amines) is 1. The van der Waals surface area contributed by atoms with Crippen molar-refractivity contribution in [3.8, 4) is 0 Å².